The van der Waals surface area contributed by atoms with Crippen LogP contribution in [0.15, 0.2) is 54.7 Å². The van der Waals surface area contributed by atoms with Crippen LogP contribution in [-0.2, 0) is 32.0 Å². The highest BCUT2D eigenvalue weighted by Gasteiger charge is 2.70. The van der Waals surface area contributed by atoms with Gasteiger partial charge in [-0.05, 0) is 73.7 Å². The standard InChI is InChI=1S/C33H34FN5O5/c1-32(36-29(40)20-14-23-22-5-3-6-24-28(22)19(16-35-24)15-25(23)37(2)17-20)31(42)39-26(13-18-8-10-21(34)11-9-18)30(41)38-12-4-7-27(38)33(39,43)44-32/h3,5-6,8-11,14,16,20,25-27,35,43H,4,7,12-13,15,17H2,1-2H3,(H,36,40)/t20-,25-,26+,27+,32-,33+/m1/s1. The Kier molecular flexibility index (Phi) is 5.91. The van der Waals surface area contributed by atoms with E-state index in [0.717, 1.165) is 28.0 Å². The summed E-state index contributed by atoms with van der Waals surface area (Å²) in [6, 6.07) is 10.1. The van der Waals surface area contributed by atoms with Crippen LogP contribution in [-0.4, -0.2) is 92.4 Å². The minimum Gasteiger partial charge on any atom is -0.361 e. The molecule has 1 aromatic heterocycles. The average molecular weight is 600 g/mol. The summed E-state index contributed by atoms with van der Waals surface area (Å²) in [4.78, 5) is 50.0. The predicted molar refractivity (Wildman–Crippen MR) is 158 cm³/mol. The van der Waals surface area contributed by atoms with Gasteiger partial charge in [-0.1, -0.05) is 30.3 Å². The van der Waals surface area contributed by atoms with E-state index in [9.17, 15) is 23.9 Å². The number of aliphatic hydroxyl groups is 1. The summed E-state index contributed by atoms with van der Waals surface area (Å²) in [5.41, 5.74) is 3.20. The molecule has 0 radical (unpaired) electrons. The monoisotopic (exact) mass is 599 g/mol. The van der Waals surface area contributed by atoms with Crippen LogP contribution in [0.2, 0.25) is 0 Å². The Morgan fingerprint density at radius 2 is 2.00 bits per heavy atom. The van der Waals surface area contributed by atoms with Gasteiger partial charge in [0.1, 0.15) is 17.9 Å². The van der Waals surface area contributed by atoms with Crippen LogP contribution in [0.3, 0.4) is 0 Å². The van der Waals surface area contributed by atoms with Crippen LogP contribution in [0.4, 0.5) is 4.39 Å². The van der Waals surface area contributed by atoms with E-state index >= 15 is 0 Å². The second kappa shape index (κ2) is 9.47. The number of H-pyrrole nitrogens is 1. The molecule has 8 rings (SSSR count). The third-order valence-electron chi connectivity index (χ3n) is 10.2. The number of likely N-dealkylation sites (N-methyl/N-ethyl adjacent to an activating group) is 1. The number of rotatable bonds is 4. The van der Waals surface area contributed by atoms with E-state index in [-0.39, 0.29) is 18.4 Å². The number of nitrogens with one attached hydrogen (secondary N) is 2. The molecule has 3 aromatic rings. The van der Waals surface area contributed by atoms with E-state index in [0.29, 0.717) is 31.5 Å². The van der Waals surface area contributed by atoms with Gasteiger partial charge in [0, 0.05) is 42.7 Å². The molecule has 10 nitrogen and oxygen atoms in total. The van der Waals surface area contributed by atoms with E-state index in [4.69, 9.17) is 4.74 Å². The number of benzene rings is 2. The zero-order valence-corrected chi connectivity index (χ0v) is 24.5. The number of halogens is 1. The van der Waals surface area contributed by atoms with Crippen molar-refractivity contribution in [3.05, 3.63) is 77.2 Å². The van der Waals surface area contributed by atoms with Gasteiger partial charge in [-0.15, -0.1) is 0 Å². The second-order valence-corrected chi connectivity index (χ2v) is 12.9. The van der Waals surface area contributed by atoms with Gasteiger partial charge in [-0.2, -0.15) is 0 Å². The number of nitrogens with zero attached hydrogens (tertiary/aromatic N) is 3. The molecule has 5 heterocycles. The van der Waals surface area contributed by atoms with Crippen molar-refractivity contribution in [3.8, 4) is 0 Å². The number of hydrogen-bond donors (Lipinski definition) is 3. The molecular weight excluding hydrogens is 565 g/mol. The maximum absolute atomic E-state index is 14.2. The number of aromatic amines is 1. The Morgan fingerprint density at radius 1 is 1.20 bits per heavy atom. The molecule has 5 aliphatic rings. The summed E-state index contributed by atoms with van der Waals surface area (Å²) < 4.78 is 19.8. The van der Waals surface area contributed by atoms with Gasteiger partial charge in [0.15, 0.2) is 0 Å². The smallest absolute Gasteiger partial charge is 0.280 e. The van der Waals surface area contributed by atoms with Crippen LogP contribution in [0.25, 0.3) is 16.5 Å². The Balaban J connectivity index is 1.11. The fourth-order valence-electron chi connectivity index (χ4n) is 8.13. The molecule has 3 fully saturated rings. The number of carbonyl (C=O) groups is 3. The summed E-state index contributed by atoms with van der Waals surface area (Å²) in [6.07, 6.45) is 6.05. The molecule has 228 valence electrons. The summed E-state index contributed by atoms with van der Waals surface area (Å²) in [5, 5.41) is 16.0. The quantitative estimate of drug-likeness (QED) is 0.423. The normalized spacial score (nSPS) is 32.9. The highest BCUT2D eigenvalue weighted by atomic mass is 19.1. The second-order valence-electron chi connectivity index (χ2n) is 12.9. The molecule has 2 aromatic carbocycles. The number of ether oxygens (including phenoxy) is 1. The fourth-order valence-corrected chi connectivity index (χ4v) is 8.13. The van der Waals surface area contributed by atoms with E-state index in [1.165, 1.54) is 30.0 Å². The Labute approximate surface area is 253 Å². The topological polar surface area (TPSA) is 118 Å². The Bertz CT molecular complexity index is 1750. The van der Waals surface area contributed by atoms with Gasteiger partial charge in [0.2, 0.25) is 17.5 Å². The summed E-state index contributed by atoms with van der Waals surface area (Å²) in [7, 11) is 2.00. The number of aromatic nitrogens is 1. The highest BCUT2D eigenvalue weighted by Crippen LogP contribution is 2.46. The highest BCUT2D eigenvalue weighted by molar-refractivity contribution is 6.00. The number of carbonyl (C=O) groups excluding carboxylic acids is 3. The molecule has 44 heavy (non-hydrogen) atoms. The molecule has 1 aliphatic carbocycles. The zero-order valence-electron chi connectivity index (χ0n) is 24.5. The molecule has 0 saturated carbocycles. The first-order valence-corrected chi connectivity index (χ1v) is 15.2. The van der Waals surface area contributed by atoms with Crippen molar-refractivity contribution >= 4 is 34.2 Å². The van der Waals surface area contributed by atoms with Crippen molar-refractivity contribution in [2.75, 3.05) is 20.1 Å². The molecule has 0 spiro atoms. The van der Waals surface area contributed by atoms with E-state index in [2.05, 4.69) is 27.5 Å². The summed E-state index contributed by atoms with van der Waals surface area (Å²) in [6.45, 7) is 2.31. The lowest BCUT2D eigenvalue weighted by atomic mass is 9.79. The molecule has 11 heteroatoms. The third kappa shape index (κ3) is 3.85. The number of piperazine rings is 1. The Morgan fingerprint density at radius 3 is 2.80 bits per heavy atom. The maximum atomic E-state index is 14.2. The first kappa shape index (κ1) is 27.5. The molecule has 6 atom stereocenters. The lowest BCUT2D eigenvalue weighted by Gasteiger charge is -2.48. The first-order valence-electron chi connectivity index (χ1n) is 15.2. The van der Waals surface area contributed by atoms with Crippen LogP contribution in [0.5, 0.6) is 0 Å². The van der Waals surface area contributed by atoms with E-state index in [1.54, 1.807) is 17.0 Å². The van der Waals surface area contributed by atoms with Crippen LogP contribution >= 0.6 is 0 Å². The van der Waals surface area contributed by atoms with Crippen molar-refractivity contribution < 1.29 is 28.6 Å². The molecule has 4 aliphatic heterocycles. The number of amides is 3. The van der Waals surface area contributed by atoms with E-state index in [1.807, 2.05) is 25.3 Å². The SMILES string of the molecule is CN1C[C@H](C(=O)N[C@]2(C)O[C@@]3(O)[C@@H]4CCCN4C(=O)[C@H](Cc4ccc(F)cc4)N3C2=O)C=C2c3cccc4[nH]cc(c34)C[C@H]21. The molecule has 3 N–H and O–H groups in total. The van der Waals surface area contributed by atoms with Gasteiger partial charge < -0.3 is 20.3 Å². The van der Waals surface area contributed by atoms with Gasteiger partial charge >= 0.3 is 0 Å². The lowest BCUT2D eigenvalue weighted by Crippen LogP contribution is -2.71. The fraction of sp³-hybridized carbons (Fsp3) is 0.424. The lowest BCUT2D eigenvalue weighted by molar-refractivity contribution is -0.315. The molecule has 0 unspecified atom stereocenters. The average Bonchev–Trinajstić information content (AvgIpc) is 3.70. The van der Waals surface area contributed by atoms with Gasteiger partial charge in [-0.3, -0.25) is 28.9 Å². The summed E-state index contributed by atoms with van der Waals surface area (Å²) in [5.74, 6) is -4.50. The zero-order chi connectivity index (χ0) is 30.5. The van der Waals surface area contributed by atoms with Crippen LogP contribution in [0, 0.1) is 11.7 Å². The van der Waals surface area contributed by atoms with Crippen molar-refractivity contribution in [2.45, 2.75) is 62.4 Å². The van der Waals surface area contributed by atoms with Crippen molar-refractivity contribution in [1.82, 2.24) is 25.0 Å². The van der Waals surface area contributed by atoms with Gasteiger partial charge in [-0.25, -0.2) is 4.39 Å². The van der Waals surface area contributed by atoms with Gasteiger partial charge in [0.25, 0.3) is 11.8 Å². The van der Waals surface area contributed by atoms with Crippen LogP contribution in [0.1, 0.15) is 36.5 Å². The van der Waals surface area contributed by atoms with Crippen molar-refractivity contribution in [1.29, 1.82) is 0 Å². The molecule has 3 saturated heterocycles. The van der Waals surface area contributed by atoms with Crippen LogP contribution < -0.4 is 5.32 Å². The predicted octanol–water partition coefficient (Wildman–Crippen LogP) is 2.13. The van der Waals surface area contributed by atoms with Crippen molar-refractivity contribution in [3.63, 3.8) is 0 Å². The maximum Gasteiger partial charge on any atom is 0.280 e. The third-order valence-corrected chi connectivity index (χ3v) is 10.2. The molecular formula is C33H34FN5O5. The first-order chi connectivity index (χ1) is 21.1. The Hall–Kier alpha value is -4.06. The minimum absolute atomic E-state index is 0.0668. The van der Waals surface area contributed by atoms with Gasteiger partial charge in [0.05, 0.1) is 5.92 Å². The van der Waals surface area contributed by atoms with Crippen molar-refractivity contribution in [2.24, 2.45) is 5.92 Å². The molecule has 3 amide bonds. The largest absolute Gasteiger partial charge is 0.361 e. The van der Waals surface area contributed by atoms with E-state index < -0.39 is 47.3 Å². The number of hydrogen-bond acceptors (Lipinski definition) is 6. The molecule has 0 bridgehead atoms. The number of fused-ring (bicyclic) bond motifs is 5. The minimum atomic E-state index is -2.12. The summed E-state index contributed by atoms with van der Waals surface area (Å²) >= 11 is 0.